The summed E-state index contributed by atoms with van der Waals surface area (Å²) in [5, 5.41) is 0. The minimum atomic E-state index is -5.03. The van der Waals surface area contributed by atoms with Gasteiger partial charge in [0.25, 0.3) is 33.4 Å². The first-order chi connectivity index (χ1) is 63.5. The van der Waals surface area contributed by atoms with Crippen LogP contribution in [0.5, 0.6) is 0 Å². The zero-order chi connectivity index (χ0) is 94.6. The lowest BCUT2D eigenvalue weighted by molar-refractivity contribution is -0.0668. The number of anilines is 3. The first-order valence-corrected chi connectivity index (χ1v) is 51.8. The number of rotatable bonds is 6. The number of alkyl halides is 5. The van der Waals surface area contributed by atoms with Gasteiger partial charge in [0.05, 0.1) is 103 Å². The maximum atomic E-state index is 16.0. The topological polar surface area (TPSA) is 781 Å². The molecule has 18 N–H and O–H groups in total. The van der Waals surface area contributed by atoms with E-state index in [4.69, 9.17) is 147 Å². The van der Waals surface area contributed by atoms with E-state index in [1.54, 1.807) is 0 Å². The lowest BCUT2D eigenvalue weighted by Crippen LogP contribution is -2.34. The van der Waals surface area contributed by atoms with E-state index in [9.17, 15) is 67.3 Å². The number of halogens is 5. The Labute approximate surface area is 754 Å². The highest BCUT2D eigenvalue weighted by Gasteiger charge is 2.59. The molecule has 74 heteroatoms. The highest BCUT2D eigenvalue weighted by molar-refractivity contribution is 8.08. The molecule has 9 aliphatic heterocycles. The molecule has 21 rings (SSSR count). The predicted octanol–water partition coefficient (Wildman–Crippen LogP) is -1.51. The second-order valence-corrected chi connectivity index (χ2v) is 44.0. The van der Waals surface area contributed by atoms with E-state index in [1.807, 2.05) is 0 Å². The number of phosphoric acid groups is 2. The van der Waals surface area contributed by atoms with Crippen molar-refractivity contribution in [2.24, 2.45) is 0 Å². The Bertz CT molecular complexity index is 7040. The van der Waals surface area contributed by atoms with E-state index in [1.165, 1.54) is 10.9 Å². The fraction of sp³-hybridized carbons (Fsp3) is 0.500. The van der Waals surface area contributed by atoms with E-state index in [-0.39, 0.29) is 91.2 Å². The largest absolute Gasteiger partial charge is 0.472 e. The van der Waals surface area contributed by atoms with Crippen LogP contribution in [0.3, 0.4) is 0 Å². The molecule has 12 aromatic heterocycles. The molecular weight excluding hydrogens is 2020 g/mol. The van der Waals surface area contributed by atoms with Gasteiger partial charge in [0.15, 0.2) is 135 Å². The molecule has 21 heterocycles. The van der Waals surface area contributed by atoms with Crippen LogP contribution >= 0.6 is 42.5 Å². The van der Waals surface area contributed by atoms with Crippen LogP contribution < -0.4 is 50.6 Å². The van der Waals surface area contributed by atoms with E-state index in [0.29, 0.717) is 0 Å². The van der Waals surface area contributed by atoms with Crippen molar-refractivity contribution in [3.63, 3.8) is 0 Å². The molecule has 9 aliphatic rings. The molecule has 6 bridgehead atoms. The molecule has 59 nitrogen and oxygen atoms in total. The normalized spacial score (nSPS) is 37.3. The number of ether oxygens (including phenoxy) is 6. The minimum absolute atomic E-state index is 0.0181. The number of nitrogen functional groups attached to an aromatic ring is 3. The lowest BCUT2D eigenvalue weighted by atomic mass is 10.1. The summed E-state index contributed by atoms with van der Waals surface area (Å²) in [5.74, 6) is -0.767. The van der Waals surface area contributed by atoms with Crippen molar-refractivity contribution >= 4 is 175 Å². The summed E-state index contributed by atoms with van der Waals surface area (Å²) in [4.78, 5) is 200. The van der Waals surface area contributed by atoms with Crippen molar-refractivity contribution in [1.29, 1.82) is 0 Å². The zero-order valence-corrected chi connectivity index (χ0v) is 74.8. The fourth-order valence-corrected chi connectivity index (χ4v) is 23.3. The van der Waals surface area contributed by atoms with Crippen molar-refractivity contribution in [1.82, 2.24) is 117 Å². The quantitative estimate of drug-likeness (QED) is 0.0665. The van der Waals surface area contributed by atoms with Gasteiger partial charge in [0.2, 0.25) is 17.8 Å². The Hall–Kier alpha value is -8.75. The molecule has 6 unspecified atom stereocenters. The Kier molecular flexibility index (Phi) is 25.3. The predicted molar refractivity (Wildman–Crippen MR) is 445 cm³/mol. The second kappa shape index (κ2) is 35.9. The van der Waals surface area contributed by atoms with E-state index in [0.717, 1.165) is 73.5 Å². The average molecular weight is 2080 g/mol. The molecule has 29 atom stereocenters. The van der Waals surface area contributed by atoms with Crippen molar-refractivity contribution in [3.05, 3.63) is 119 Å². The molecule has 0 radical (unpaired) electrons. The number of imidazole rings is 6. The molecule has 134 heavy (non-hydrogen) atoms. The second-order valence-electron chi connectivity index (χ2n) is 30.0. The summed E-state index contributed by atoms with van der Waals surface area (Å²) in [5.41, 5.74) is 12.1. The van der Waals surface area contributed by atoms with Crippen LogP contribution in [0.25, 0.3) is 67.0 Å². The van der Waals surface area contributed by atoms with Crippen LogP contribution in [0.2, 0.25) is 0 Å². The number of nitrogens with zero attached hydrogens (tertiary/aromatic N) is 18. The number of phosphoric ester groups is 2. The average Bonchev–Trinajstić information content (AvgIpc) is 1.58. The number of hydrogen-bond acceptors (Lipinski definition) is 45. The molecule has 0 amide bonds. The van der Waals surface area contributed by atoms with Gasteiger partial charge in [-0.05, 0) is 47.2 Å². The van der Waals surface area contributed by atoms with Crippen LogP contribution in [0.1, 0.15) is 43.8 Å². The highest BCUT2D eigenvalue weighted by atomic mass is 32.5. The summed E-state index contributed by atoms with van der Waals surface area (Å²) in [7, 11) is -10.0. The Morgan fingerprint density at radius 1 is 0.321 bits per heavy atom. The molecule has 12 aromatic rings. The Morgan fingerprint density at radius 3 is 0.948 bits per heavy atom. The first-order valence-electron chi connectivity index (χ1n) is 38.5. The maximum absolute atomic E-state index is 16.0. The molecule has 0 spiro atoms. The Morgan fingerprint density at radius 2 is 0.597 bits per heavy atom. The van der Waals surface area contributed by atoms with Gasteiger partial charge in [-0.15, -0.1) is 0 Å². The van der Waals surface area contributed by atoms with E-state index in [2.05, 4.69) is 89.7 Å². The molecule has 0 aliphatic carbocycles. The summed E-state index contributed by atoms with van der Waals surface area (Å²) >= 11 is 20.5. The van der Waals surface area contributed by atoms with Gasteiger partial charge in [0, 0.05) is 6.42 Å². The van der Waals surface area contributed by atoms with Crippen molar-refractivity contribution in [3.8, 4) is 0 Å². The third-order valence-electron chi connectivity index (χ3n) is 21.5. The van der Waals surface area contributed by atoms with Crippen LogP contribution in [-0.2, 0) is 139 Å². The van der Waals surface area contributed by atoms with Crippen LogP contribution in [0.4, 0.5) is 39.8 Å². The van der Waals surface area contributed by atoms with Crippen molar-refractivity contribution in [2.75, 3.05) is 56.8 Å². The third-order valence-corrected chi connectivity index (χ3v) is 29.8. The zero-order valence-electron chi connectivity index (χ0n) is 66.2. The maximum Gasteiger partial charge on any atom is 0.472 e. The summed E-state index contributed by atoms with van der Waals surface area (Å²) in [6.07, 6.45) is -27.8. The van der Waals surface area contributed by atoms with E-state index < -0.39 is 257 Å². The number of aromatic amines is 6. The Balaban J connectivity index is 0.000000129. The number of nitrogens with two attached hydrogens (primary N) is 3. The summed E-state index contributed by atoms with van der Waals surface area (Å²) in [6.45, 7) is -21.7. The highest BCUT2D eigenvalue weighted by Crippen LogP contribution is 2.59. The molecule has 9 fully saturated rings. The molecule has 0 saturated carbocycles. The lowest BCUT2D eigenvalue weighted by Gasteiger charge is -2.27. The summed E-state index contributed by atoms with van der Waals surface area (Å²) < 4.78 is 212. The van der Waals surface area contributed by atoms with Gasteiger partial charge < -0.3 is 108 Å². The van der Waals surface area contributed by atoms with Crippen LogP contribution in [-0.4, -0.2) is 290 Å². The van der Waals surface area contributed by atoms with Crippen molar-refractivity contribution in [2.45, 2.75) is 148 Å². The third kappa shape index (κ3) is 18.3. The number of nitrogens with one attached hydrogen (secondary N) is 6. The van der Waals surface area contributed by atoms with E-state index >= 15 is 22.0 Å². The summed E-state index contributed by atoms with van der Waals surface area (Å²) in [6, 6.07) is 0. The molecular formula is C60H64F5N27O32P6S4. The van der Waals surface area contributed by atoms with Gasteiger partial charge in [-0.25, -0.2) is 75.9 Å². The fourth-order valence-electron chi connectivity index (χ4n) is 15.7. The van der Waals surface area contributed by atoms with Crippen LogP contribution in [0, 0.1) is 0 Å². The number of aromatic nitrogens is 24. The first kappa shape index (κ1) is 94.2. The SMILES string of the molecule is Nc1nc2c(ncn2[C@@H]2O[C@@H]3COP(=O)(O)O[C@H]4[C@H](F)[C@H](n5cnc6c(=O)[nH]cnc65)O[C@@H]4COP(=O)(O)O[C@@H]2C3)c(=O)[nH]1.Nc1nc2c(ncn2[C@@H]2O[C@@H]3COP(O)(=S)O[C@H]4[C@H](F)[C@H](n5cnc6c(=O)[nH]cnc65)O[C@@H]4COP(O)(=S)O[C@@H]2[C@@H]3F)c(=O)[nH]1.Nc1nc2c(ncn2[C@@H]2O[C@@H]3COP(O)(=S)O[C@H]4[C@H](F)[C@H](n5cnc6c(=O)[nH]cnc65)O[C@@H]4COP(O)(=S)O[C@@H]2[C@@H]3F)c(=O)[nH]1. The smallest absolute Gasteiger partial charge is 0.369 e. The van der Waals surface area contributed by atoms with Gasteiger partial charge >= 0.3 is 42.5 Å². The van der Waals surface area contributed by atoms with Crippen molar-refractivity contribution < 1.29 is 143 Å². The number of H-pyrrole nitrogens is 6. The number of hydrogen-bond donors (Lipinski definition) is 15. The van der Waals surface area contributed by atoms with Gasteiger partial charge in [-0.2, -0.15) is 15.0 Å². The van der Waals surface area contributed by atoms with Gasteiger partial charge in [-0.1, -0.05) is 0 Å². The van der Waals surface area contributed by atoms with Crippen LogP contribution in [0.15, 0.2) is 85.7 Å². The minimum Gasteiger partial charge on any atom is -0.369 e. The van der Waals surface area contributed by atoms with Gasteiger partial charge in [-0.3, -0.25) is 107 Å². The standard InChI is InChI=1S/2C20H21F2N9O10P2S2.C20H22FN9O12P2/c2*21-8-6-1-36-42(34,44)40-12-7(39-18(9(12)22)30-4-26-10-14(30)24-3-25-16(10)32)2-37-43(35,45)41-13(8)19(38-6)31-5-27-11-15(31)28-20(23)29-17(11)33;21-10-13-9(40-19(10)29-5-25-11-14(29)23-4-24-16(11)31)3-38-43(33,34)41-8-1-7(2-37-44(35,36)42-13)39-18(8)30-6-26-12-15(30)27-20(22)28-17(12)32/h2*3-9,12-13,18-19H,1-2H2,(H,34,44)(H,35,45)(H,24,25,32)(H3,23,28,29,33);4-10,13,18-19H,1-3H2,(H,33,34)(H,35,36)(H,23,24,31)(H3,22,27,28,32)/t2*6-,7-,8-,9+,12-,13-,18-,19-,42?,43?;7-,8+,9+,10-,13+,18+,19+/m110/s1. The number of fused-ring (bicyclic) bond motifs is 15. The molecule has 720 valence electrons. The van der Waals surface area contributed by atoms with Gasteiger partial charge in [0.1, 0.15) is 67.1 Å². The molecule has 0 aromatic carbocycles. The molecule has 9 saturated heterocycles. The monoisotopic (exact) mass is 2080 g/mol.